The van der Waals surface area contributed by atoms with Gasteiger partial charge in [0.1, 0.15) is 11.2 Å². The van der Waals surface area contributed by atoms with Crippen LogP contribution in [-0.2, 0) is 0 Å². The van der Waals surface area contributed by atoms with Crippen LogP contribution in [0, 0.1) is 0 Å². The molecule has 0 bridgehead atoms. The lowest BCUT2D eigenvalue weighted by Crippen LogP contribution is -1.93. The van der Waals surface area contributed by atoms with Crippen molar-refractivity contribution in [2.45, 2.75) is 0 Å². The maximum absolute atomic E-state index is 9.53. The van der Waals surface area contributed by atoms with Crippen LogP contribution in [0.25, 0.3) is 87.6 Å². The number of furan rings is 1. The summed E-state index contributed by atoms with van der Waals surface area (Å²) in [5, 5.41) is -5.18. The van der Waals surface area contributed by atoms with Crippen LogP contribution in [0.4, 0.5) is 0 Å². The highest BCUT2D eigenvalue weighted by atomic mass is 16.3. The predicted octanol–water partition coefficient (Wildman–Crippen LogP) is 12.0. The molecule has 200 valence electrons. The SMILES string of the molecule is [2H]c1c([2H])c([2H])c(-c2c3c([2H])c([2H])c([2H])c([2H])c3c(-c3c([2H])c([2H])c4c([2H])c([2H])c([2H])c([2H])c4c3[2H])c3c([2H])c([2H])c([2H])c([2H])c23)c(-c2c([2H])c([2H])c([2H])c3c2oc2c([2H])c([2H])c([2H])c([2H])c23)c1[2H]. The fourth-order valence-corrected chi connectivity index (χ4v) is 5.22. The predicted molar refractivity (Wildman–Crippen MR) is 183 cm³/mol. The fourth-order valence-electron chi connectivity index (χ4n) is 5.22. The van der Waals surface area contributed by atoms with Gasteiger partial charge in [-0.2, -0.15) is 0 Å². The Morgan fingerprint density at radius 2 is 0.907 bits per heavy atom. The minimum Gasteiger partial charge on any atom is -0.455 e. The molecular formula is C42H26O. The van der Waals surface area contributed by atoms with E-state index in [0.29, 0.717) is 0 Å². The molecule has 0 saturated heterocycles. The van der Waals surface area contributed by atoms with Crippen molar-refractivity contribution in [3.05, 3.63) is 157 Å². The Bertz CT molecular complexity index is 3890. The third kappa shape index (κ3) is 3.65. The van der Waals surface area contributed by atoms with E-state index in [1.807, 2.05) is 0 Å². The first-order valence-corrected chi connectivity index (χ1v) is 12.7. The Labute approximate surface area is 285 Å². The standard InChI is InChI=1S/C42H26O/c1-2-13-28-26-29(25-24-27(28)12-1)40-33-17-5-7-19-35(33)41(36-20-8-6-18-34(36)40)32-16-4-3-14-30(32)37-21-11-22-38-31-15-9-10-23-39(31)43-42(37)38/h1-26H/i1D,2D,3D,4D,5D,6D,7D,8D,9D,10D,11D,12D,13D,14D,15D,16D,17D,18D,19D,20D,21D,22D,23D,24D,25D,26D. The first-order valence-electron chi connectivity index (χ1n) is 25.7. The minimum absolute atomic E-state index is 0.437. The van der Waals surface area contributed by atoms with Gasteiger partial charge in [0.15, 0.2) is 0 Å². The van der Waals surface area contributed by atoms with E-state index in [1.54, 1.807) is 0 Å². The van der Waals surface area contributed by atoms with Gasteiger partial charge in [-0.15, -0.1) is 0 Å². The van der Waals surface area contributed by atoms with E-state index < -0.39 is 245 Å². The molecule has 0 fully saturated rings. The van der Waals surface area contributed by atoms with E-state index in [4.69, 9.17) is 27.7 Å². The van der Waals surface area contributed by atoms with Gasteiger partial charge in [0.05, 0.1) is 35.6 Å². The van der Waals surface area contributed by atoms with Crippen molar-refractivity contribution in [1.29, 1.82) is 0 Å². The van der Waals surface area contributed by atoms with Gasteiger partial charge in [0, 0.05) is 16.3 Å². The van der Waals surface area contributed by atoms with Crippen LogP contribution >= 0.6 is 0 Å². The molecular weight excluding hydrogens is 520 g/mol. The number of hydrogen-bond acceptors (Lipinski definition) is 1. The van der Waals surface area contributed by atoms with Crippen molar-refractivity contribution in [3.63, 3.8) is 0 Å². The van der Waals surface area contributed by atoms with Gasteiger partial charge in [0.2, 0.25) is 0 Å². The van der Waals surface area contributed by atoms with E-state index >= 15 is 0 Å². The quantitative estimate of drug-likeness (QED) is 0.192. The van der Waals surface area contributed by atoms with E-state index in [9.17, 15) is 12.3 Å². The normalized spacial score (nSPS) is 20.2. The van der Waals surface area contributed by atoms with Gasteiger partial charge in [-0.25, -0.2) is 0 Å². The van der Waals surface area contributed by atoms with Gasteiger partial charge < -0.3 is 4.42 Å². The summed E-state index contributed by atoms with van der Waals surface area (Å²) < 4.78 is 239. The molecule has 0 atom stereocenters. The van der Waals surface area contributed by atoms with Crippen LogP contribution in [0.2, 0.25) is 0 Å². The molecule has 0 spiro atoms. The summed E-state index contributed by atoms with van der Waals surface area (Å²) in [5.41, 5.74) is -5.91. The van der Waals surface area contributed by atoms with Crippen LogP contribution in [0.15, 0.2) is 162 Å². The molecule has 0 amide bonds. The molecule has 0 aliphatic carbocycles. The molecule has 1 nitrogen and oxygen atoms in total. The zero-order valence-corrected chi connectivity index (χ0v) is 21.4. The first kappa shape index (κ1) is 9.69. The molecule has 1 heteroatoms. The molecule has 1 heterocycles. The molecule has 1 aromatic heterocycles. The molecule has 0 N–H and O–H groups in total. The van der Waals surface area contributed by atoms with Gasteiger partial charge >= 0.3 is 0 Å². The number of para-hydroxylation sites is 2. The zero-order chi connectivity index (χ0) is 51.0. The second-order valence-corrected chi connectivity index (χ2v) is 9.26. The van der Waals surface area contributed by atoms with Crippen molar-refractivity contribution < 1.29 is 40.1 Å². The second kappa shape index (κ2) is 9.44. The summed E-state index contributed by atoms with van der Waals surface area (Å²) in [6.07, 6.45) is 0. The van der Waals surface area contributed by atoms with Crippen molar-refractivity contribution in [1.82, 2.24) is 0 Å². The molecule has 0 aliphatic heterocycles. The van der Waals surface area contributed by atoms with Crippen LogP contribution in [-0.4, -0.2) is 0 Å². The average Bonchev–Trinajstić information content (AvgIpc) is 3.72. The van der Waals surface area contributed by atoms with Crippen LogP contribution < -0.4 is 0 Å². The zero-order valence-electron chi connectivity index (χ0n) is 47.4. The third-order valence-corrected chi connectivity index (χ3v) is 7.00. The first-order chi connectivity index (χ1) is 32.2. The molecule has 9 aromatic rings. The summed E-state index contributed by atoms with van der Waals surface area (Å²) >= 11 is 0. The highest BCUT2D eigenvalue weighted by Gasteiger charge is 2.20. The molecule has 8 aromatic carbocycles. The van der Waals surface area contributed by atoms with E-state index in [2.05, 4.69) is 0 Å². The van der Waals surface area contributed by atoms with Gasteiger partial charge in [-0.3, -0.25) is 0 Å². The topological polar surface area (TPSA) is 13.1 Å². The van der Waals surface area contributed by atoms with E-state index in [-0.39, 0.29) is 0 Å². The highest BCUT2D eigenvalue weighted by Crippen LogP contribution is 2.47. The molecule has 0 unspecified atom stereocenters. The lowest BCUT2D eigenvalue weighted by atomic mass is 9.83. The maximum Gasteiger partial charge on any atom is 0.143 e. The number of fused-ring (bicyclic) bond motifs is 6. The Morgan fingerprint density at radius 3 is 1.65 bits per heavy atom. The van der Waals surface area contributed by atoms with Crippen LogP contribution in [0.5, 0.6) is 0 Å². The van der Waals surface area contributed by atoms with Crippen molar-refractivity contribution in [2.24, 2.45) is 0 Å². The number of hydrogen-bond donors (Lipinski definition) is 0. The summed E-state index contributed by atoms with van der Waals surface area (Å²) in [6, 6.07) is -24.1. The minimum atomic E-state index is -1.06. The largest absolute Gasteiger partial charge is 0.455 e. The van der Waals surface area contributed by atoms with Gasteiger partial charge in [-0.1, -0.05) is 145 Å². The molecule has 0 saturated carbocycles. The molecule has 0 aliphatic rings. The van der Waals surface area contributed by atoms with Crippen molar-refractivity contribution >= 4 is 54.3 Å². The van der Waals surface area contributed by atoms with Crippen molar-refractivity contribution in [2.75, 3.05) is 0 Å². The third-order valence-electron chi connectivity index (χ3n) is 7.00. The molecule has 9 rings (SSSR count). The Kier molecular flexibility index (Phi) is 2.13. The van der Waals surface area contributed by atoms with Gasteiger partial charge in [0.25, 0.3) is 0 Å². The van der Waals surface area contributed by atoms with Crippen LogP contribution in [0.3, 0.4) is 0 Å². The number of rotatable bonds is 3. The monoisotopic (exact) mass is 572 g/mol. The summed E-state index contributed by atoms with van der Waals surface area (Å²) in [4.78, 5) is 0. The summed E-state index contributed by atoms with van der Waals surface area (Å²) in [7, 11) is 0. The van der Waals surface area contributed by atoms with Crippen molar-refractivity contribution in [3.8, 4) is 33.4 Å². The lowest BCUT2D eigenvalue weighted by molar-refractivity contribution is 0.670. The summed E-state index contributed by atoms with van der Waals surface area (Å²) in [5.74, 6) is 0. The number of benzene rings is 8. The summed E-state index contributed by atoms with van der Waals surface area (Å²) in [6.45, 7) is 0. The average molecular weight is 573 g/mol. The fraction of sp³-hybridized carbons (Fsp3) is 0. The van der Waals surface area contributed by atoms with E-state index in [0.717, 1.165) is 0 Å². The Balaban J connectivity index is 1.66. The second-order valence-electron chi connectivity index (χ2n) is 9.26. The Hall–Kier alpha value is -5.66. The van der Waals surface area contributed by atoms with Crippen LogP contribution in [0.1, 0.15) is 35.6 Å². The molecule has 0 radical (unpaired) electrons. The highest BCUT2D eigenvalue weighted by molar-refractivity contribution is 6.23. The smallest absolute Gasteiger partial charge is 0.143 e. The van der Waals surface area contributed by atoms with Gasteiger partial charge in [-0.05, 0) is 72.2 Å². The lowest BCUT2D eigenvalue weighted by Gasteiger charge is -2.20. The van der Waals surface area contributed by atoms with E-state index in [1.165, 1.54) is 0 Å². The molecule has 43 heavy (non-hydrogen) atoms. The Morgan fingerprint density at radius 1 is 0.372 bits per heavy atom. The maximum atomic E-state index is 9.53.